The van der Waals surface area contributed by atoms with Gasteiger partial charge in [0.2, 0.25) is 0 Å². The smallest absolute Gasteiger partial charge is 0.165 e. The van der Waals surface area contributed by atoms with Gasteiger partial charge in [-0.1, -0.05) is 38.3 Å². The third-order valence-corrected chi connectivity index (χ3v) is 5.57. The van der Waals surface area contributed by atoms with Crippen LogP contribution in [0.2, 0.25) is 0 Å². The zero-order chi connectivity index (χ0) is 14.7. The van der Waals surface area contributed by atoms with Crippen LogP contribution in [-0.4, -0.2) is 5.78 Å². The number of Topliss-reactive ketones (excluding diaryl/α,β-unsaturated/α-hetero) is 1. The van der Waals surface area contributed by atoms with Gasteiger partial charge in [-0.2, -0.15) is 0 Å². The van der Waals surface area contributed by atoms with E-state index >= 15 is 0 Å². The van der Waals surface area contributed by atoms with E-state index in [0.29, 0.717) is 11.7 Å². The van der Waals surface area contributed by atoms with Gasteiger partial charge < -0.3 is 0 Å². The van der Waals surface area contributed by atoms with Crippen LogP contribution in [0.5, 0.6) is 0 Å². The largest absolute Gasteiger partial charge is 0.294 e. The predicted molar refractivity (Wildman–Crippen MR) is 87.8 cm³/mol. The SMILES string of the molecule is CCCCC1CCC(C(=O)c2ccc3c(c2)CCC3)CC1. The summed E-state index contributed by atoms with van der Waals surface area (Å²) in [6.07, 6.45) is 12.4. The van der Waals surface area contributed by atoms with Gasteiger partial charge in [0.15, 0.2) is 5.78 Å². The summed E-state index contributed by atoms with van der Waals surface area (Å²) in [4.78, 5) is 12.7. The fourth-order valence-corrected chi connectivity index (χ4v) is 4.17. The van der Waals surface area contributed by atoms with Crippen LogP contribution in [0.4, 0.5) is 0 Å². The molecule has 0 atom stereocenters. The number of benzene rings is 1. The molecule has 0 saturated heterocycles. The van der Waals surface area contributed by atoms with Crippen molar-refractivity contribution in [3.05, 3.63) is 34.9 Å². The van der Waals surface area contributed by atoms with Crippen molar-refractivity contribution in [3.63, 3.8) is 0 Å². The van der Waals surface area contributed by atoms with Gasteiger partial charge in [-0.25, -0.2) is 0 Å². The van der Waals surface area contributed by atoms with E-state index in [1.165, 1.54) is 62.5 Å². The lowest BCUT2D eigenvalue weighted by atomic mass is 9.77. The maximum atomic E-state index is 12.7. The molecule has 0 aliphatic heterocycles. The standard InChI is InChI=1S/C20H28O/c1-2-3-5-15-8-10-17(11-9-15)20(21)19-13-12-16-6-4-7-18(16)14-19/h12-15,17H,2-11H2,1H3. The lowest BCUT2D eigenvalue weighted by Gasteiger charge is -2.27. The molecule has 2 aliphatic rings. The second-order valence-electron chi connectivity index (χ2n) is 7.06. The van der Waals surface area contributed by atoms with Crippen molar-refractivity contribution in [1.29, 1.82) is 0 Å². The zero-order valence-corrected chi connectivity index (χ0v) is 13.4. The molecule has 2 aliphatic carbocycles. The Morgan fingerprint density at radius 3 is 2.62 bits per heavy atom. The zero-order valence-electron chi connectivity index (χ0n) is 13.4. The molecule has 0 spiro atoms. The van der Waals surface area contributed by atoms with E-state index in [1.807, 2.05) is 0 Å². The summed E-state index contributed by atoms with van der Waals surface area (Å²) in [5, 5.41) is 0. The number of fused-ring (bicyclic) bond motifs is 1. The van der Waals surface area contributed by atoms with Crippen LogP contribution in [-0.2, 0) is 12.8 Å². The van der Waals surface area contributed by atoms with Crippen LogP contribution in [0, 0.1) is 11.8 Å². The topological polar surface area (TPSA) is 17.1 Å². The van der Waals surface area contributed by atoms with Crippen molar-refractivity contribution < 1.29 is 4.79 Å². The molecule has 0 heterocycles. The second-order valence-corrected chi connectivity index (χ2v) is 7.06. The number of ketones is 1. The van der Waals surface area contributed by atoms with Crippen molar-refractivity contribution in [3.8, 4) is 0 Å². The molecule has 1 fully saturated rings. The Hall–Kier alpha value is -1.11. The third kappa shape index (κ3) is 3.39. The predicted octanol–water partition coefficient (Wildman–Crippen LogP) is 5.35. The molecule has 114 valence electrons. The fourth-order valence-electron chi connectivity index (χ4n) is 4.17. The first-order chi connectivity index (χ1) is 10.3. The molecular formula is C20H28O. The van der Waals surface area contributed by atoms with E-state index in [-0.39, 0.29) is 0 Å². The van der Waals surface area contributed by atoms with Gasteiger partial charge in [-0.05, 0) is 68.1 Å². The van der Waals surface area contributed by atoms with Crippen molar-refractivity contribution in [2.24, 2.45) is 11.8 Å². The molecule has 0 unspecified atom stereocenters. The van der Waals surface area contributed by atoms with Crippen molar-refractivity contribution in [2.75, 3.05) is 0 Å². The second kappa shape index (κ2) is 6.77. The van der Waals surface area contributed by atoms with Gasteiger partial charge in [0.1, 0.15) is 0 Å². The van der Waals surface area contributed by atoms with Crippen LogP contribution in [0.3, 0.4) is 0 Å². The van der Waals surface area contributed by atoms with Gasteiger partial charge in [0.05, 0.1) is 0 Å². The molecule has 21 heavy (non-hydrogen) atoms. The quantitative estimate of drug-likeness (QED) is 0.666. The van der Waals surface area contributed by atoms with Crippen molar-refractivity contribution >= 4 is 5.78 Å². The summed E-state index contributed by atoms with van der Waals surface area (Å²) in [6.45, 7) is 2.27. The summed E-state index contributed by atoms with van der Waals surface area (Å²) in [5.74, 6) is 1.59. The average Bonchev–Trinajstić information content (AvgIpc) is 3.00. The highest BCUT2D eigenvalue weighted by Crippen LogP contribution is 2.34. The monoisotopic (exact) mass is 284 g/mol. The maximum Gasteiger partial charge on any atom is 0.165 e. The van der Waals surface area contributed by atoms with Crippen LogP contribution in [0.25, 0.3) is 0 Å². The van der Waals surface area contributed by atoms with Crippen LogP contribution in [0.1, 0.15) is 79.8 Å². The lowest BCUT2D eigenvalue weighted by Crippen LogP contribution is -2.22. The Bertz CT molecular complexity index is 495. The molecule has 1 aromatic carbocycles. The molecule has 0 bridgehead atoms. The highest BCUT2D eigenvalue weighted by molar-refractivity contribution is 5.98. The third-order valence-electron chi connectivity index (χ3n) is 5.57. The first kappa shape index (κ1) is 14.8. The van der Waals surface area contributed by atoms with Crippen LogP contribution in [0.15, 0.2) is 18.2 Å². The summed E-state index contributed by atoms with van der Waals surface area (Å²) >= 11 is 0. The summed E-state index contributed by atoms with van der Waals surface area (Å²) in [7, 11) is 0. The average molecular weight is 284 g/mol. The van der Waals surface area contributed by atoms with E-state index < -0.39 is 0 Å². The molecule has 1 saturated carbocycles. The minimum atomic E-state index is 0.294. The number of aryl methyl sites for hydroxylation is 2. The molecule has 1 heteroatoms. The molecule has 3 rings (SSSR count). The van der Waals surface area contributed by atoms with Crippen molar-refractivity contribution in [1.82, 2.24) is 0 Å². The Kier molecular flexibility index (Phi) is 4.77. The Labute approximate surface area is 129 Å². The Balaban J connectivity index is 1.59. The lowest BCUT2D eigenvalue weighted by molar-refractivity contribution is 0.0869. The first-order valence-electron chi connectivity index (χ1n) is 8.94. The Morgan fingerprint density at radius 1 is 1.10 bits per heavy atom. The minimum Gasteiger partial charge on any atom is -0.294 e. The number of carbonyl (C=O) groups is 1. The summed E-state index contributed by atoms with van der Waals surface area (Å²) < 4.78 is 0. The Morgan fingerprint density at radius 2 is 1.86 bits per heavy atom. The van der Waals surface area contributed by atoms with Gasteiger partial charge in [-0.15, -0.1) is 0 Å². The van der Waals surface area contributed by atoms with Gasteiger partial charge >= 0.3 is 0 Å². The maximum absolute atomic E-state index is 12.7. The number of rotatable bonds is 5. The van der Waals surface area contributed by atoms with E-state index in [2.05, 4.69) is 25.1 Å². The minimum absolute atomic E-state index is 0.294. The highest BCUT2D eigenvalue weighted by Gasteiger charge is 2.27. The van der Waals surface area contributed by atoms with E-state index in [1.54, 1.807) is 0 Å². The van der Waals surface area contributed by atoms with E-state index in [0.717, 1.165) is 24.3 Å². The highest BCUT2D eigenvalue weighted by atomic mass is 16.1. The number of hydrogen-bond acceptors (Lipinski definition) is 1. The number of unbranched alkanes of at least 4 members (excludes halogenated alkanes) is 1. The molecule has 0 radical (unpaired) electrons. The molecule has 1 nitrogen and oxygen atoms in total. The summed E-state index contributed by atoms with van der Waals surface area (Å²) in [6, 6.07) is 6.46. The fraction of sp³-hybridized carbons (Fsp3) is 0.650. The molecule has 0 amide bonds. The van der Waals surface area contributed by atoms with Crippen LogP contribution < -0.4 is 0 Å². The van der Waals surface area contributed by atoms with E-state index in [9.17, 15) is 4.79 Å². The van der Waals surface area contributed by atoms with Crippen molar-refractivity contribution in [2.45, 2.75) is 71.1 Å². The van der Waals surface area contributed by atoms with Gasteiger partial charge in [0.25, 0.3) is 0 Å². The first-order valence-corrected chi connectivity index (χ1v) is 8.94. The summed E-state index contributed by atoms with van der Waals surface area (Å²) in [5.41, 5.74) is 3.87. The molecule has 0 aromatic heterocycles. The number of hydrogen-bond donors (Lipinski definition) is 0. The normalized spacial score (nSPS) is 24.8. The molecular weight excluding hydrogens is 256 g/mol. The van der Waals surface area contributed by atoms with Gasteiger partial charge in [-0.3, -0.25) is 4.79 Å². The molecule has 0 N–H and O–H groups in total. The van der Waals surface area contributed by atoms with Gasteiger partial charge in [0, 0.05) is 11.5 Å². The number of carbonyl (C=O) groups excluding carboxylic acids is 1. The van der Waals surface area contributed by atoms with E-state index in [4.69, 9.17) is 0 Å². The molecule has 1 aromatic rings. The van der Waals surface area contributed by atoms with Crippen LogP contribution >= 0.6 is 0 Å².